The lowest BCUT2D eigenvalue weighted by Gasteiger charge is -2.17. The Morgan fingerprint density at radius 2 is 1.62 bits per heavy atom. The predicted octanol–water partition coefficient (Wildman–Crippen LogP) is 1.02. The lowest BCUT2D eigenvalue weighted by Crippen LogP contribution is -2.35. The number of benzene rings is 2. The number of rotatable bonds is 10. The molecule has 4 N–H and O–H groups in total. The normalized spacial score (nSPS) is 17.3. The minimum absolute atomic E-state index is 0.0280. The topological polar surface area (TPSA) is 132 Å². The minimum Gasteiger partial charge on any atom is -0.493 e. The molecule has 2 amide bonds. The molecule has 0 aliphatic carbocycles. The van der Waals surface area contributed by atoms with Crippen molar-refractivity contribution in [2.24, 2.45) is 11.0 Å². The first-order valence-electron chi connectivity index (χ1n) is 10.5. The number of carbonyl (C=O) groups excluding carboxylic acids is 2. The van der Waals surface area contributed by atoms with Crippen molar-refractivity contribution in [3.8, 4) is 23.0 Å². The summed E-state index contributed by atoms with van der Waals surface area (Å²) in [5.41, 5.74) is 10.1. The molecule has 2 unspecified atom stereocenters. The molecule has 1 fully saturated rings. The summed E-state index contributed by atoms with van der Waals surface area (Å²) in [5.74, 6) is 1.30. The summed E-state index contributed by atoms with van der Waals surface area (Å²) >= 11 is 0. The summed E-state index contributed by atoms with van der Waals surface area (Å²) < 4.78 is 21.0. The molecule has 0 aromatic heterocycles. The average molecular weight is 472 g/mol. The highest BCUT2D eigenvalue weighted by Crippen LogP contribution is 2.33. The Kier molecular flexibility index (Phi) is 8.66. The summed E-state index contributed by atoms with van der Waals surface area (Å²) in [5, 5.41) is 6.61. The van der Waals surface area contributed by atoms with Gasteiger partial charge in [-0.3, -0.25) is 15.0 Å². The molecule has 11 nitrogen and oxygen atoms in total. The molecular weight excluding hydrogens is 442 g/mol. The van der Waals surface area contributed by atoms with Crippen LogP contribution in [0.1, 0.15) is 22.0 Å². The molecule has 1 saturated heterocycles. The van der Waals surface area contributed by atoms with Crippen molar-refractivity contribution in [2.75, 3.05) is 41.5 Å². The van der Waals surface area contributed by atoms with Gasteiger partial charge in [-0.05, 0) is 35.9 Å². The molecule has 11 heteroatoms. The molecular formula is C23H29N5O6. The van der Waals surface area contributed by atoms with Crippen LogP contribution >= 0.6 is 0 Å². The molecule has 1 heterocycles. The van der Waals surface area contributed by atoms with Gasteiger partial charge in [0.15, 0.2) is 23.0 Å². The molecule has 1 aliphatic heterocycles. The molecule has 0 bridgehead atoms. The molecule has 34 heavy (non-hydrogen) atoms. The van der Waals surface area contributed by atoms with Crippen LogP contribution in [0.2, 0.25) is 0 Å². The van der Waals surface area contributed by atoms with E-state index in [1.54, 1.807) is 38.6 Å². The average Bonchev–Trinajstić information content (AvgIpc) is 3.34. The molecule has 0 radical (unpaired) electrons. The van der Waals surface area contributed by atoms with Crippen LogP contribution in [-0.2, 0) is 4.79 Å². The largest absolute Gasteiger partial charge is 0.493 e. The van der Waals surface area contributed by atoms with E-state index < -0.39 is 11.8 Å². The fourth-order valence-electron chi connectivity index (χ4n) is 3.51. The minimum atomic E-state index is -0.452. The molecule has 2 atom stereocenters. The van der Waals surface area contributed by atoms with Gasteiger partial charge in [-0.25, -0.2) is 10.9 Å². The zero-order valence-corrected chi connectivity index (χ0v) is 19.5. The van der Waals surface area contributed by atoms with Crippen LogP contribution in [0.25, 0.3) is 0 Å². The molecule has 182 valence electrons. The number of hydrazine groups is 1. The third-order valence-electron chi connectivity index (χ3n) is 5.30. The number of carbonyl (C=O) groups is 2. The highest BCUT2D eigenvalue weighted by atomic mass is 16.5. The van der Waals surface area contributed by atoms with Crippen LogP contribution in [0.3, 0.4) is 0 Å². The molecule has 3 rings (SSSR count). The second-order valence-corrected chi connectivity index (χ2v) is 7.35. The fraction of sp³-hybridized carbons (Fsp3) is 0.348. The first kappa shape index (κ1) is 24.8. The number of amides is 2. The first-order valence-corrected chi connectivity index (χ1v) is 10.5. The van der Waals surface area contributed by atoms with E-state index in [1.807, 2.05) is 18.2 Å². The van der Waals surface area contributed by atoms with Gasteiger partial charge in [0.2, 0.25) is 0 Å². The number of hydrogen-bond acceptors (Lipinski definition) is 9. The van der Waals surface area contributed by atoms with E-state index >= 15 is 0 Å². The van der Waals surface area contributed by atoms with Gasteiger partial charge in [0.05, 0.1) is 41.0 Å². The maximum absolute atomic E-state index is 12.3. The van der Waals surface area contributed by atoms with Crippen molar-refractivity contribution in [3.05, 3.63) is 47.5 Å². The lowest BCUT2D eigenvalue weighted by atomic mass is 9.95. The predicted molar refractivity (Wildman–Crippen MR) is 125 cm³/mol. The molecule has 1 aliphatic rings. The SMILES string of the molecule is COc1ccc(C(=O)NCC(=O)N/N=C/C2CNNC2c2ccc(OC)c(OC)c2)cc1OC. The monoisotopic (exact) mass is 471 g/mol. The van der Waals surface area contributed by atoms with Crippen LogP contribution in [0.5, 0.6) is 23.0 Å². The Labute approximate surface area is 197 Å². The lowest BCUT2D eigenvalue weighted by molar-refractivity contribution is -0.120. The quantitative estimate of drug-likeness (QED) is 0.298. The Hall–Kier alpha value is -3.83. The number of hydrogen-bond donors (Lipinski definition) is 4. The summed E-state index contributed by atoms with van der Waals surface area (Å²) in [6.45, 7) is 0.388. The second kappa shape index (κ2) is 11.9. The Morgan fingerprint density at radius 1 is 0.971 bits per heavy atom. The molecule has 0 spiro atoms. The summed E-state index contributed by atoms with van der Waals surface area (Å²) in [7, 11) is 6.16. The number of hydrazone groups is 1. The van der Waals surface area contributed by atoms with Crippen molar-refractivity contribution in [2.45, 2.75) is 6.04 Å². The third kappa shape index (κ3) is 5.94. The van der Waals surface area contributed by atoms with E-state index in [9.17, 15) is 9.59 Å². The molecule has 2 aromatic rings. The van der Waals surface area contributed by atoms with Crippen LogP contribution in [0.15, 0.2) is 41.5 Å². The Morgan fingerprint density at radius 3 is 2.29 bits per heavy atom. The second-order valence-electron chi connectivity index (χ2n) is 7.35. The Bertz CT molecular complexity index is 1040. The summed E-state index contributed by atoms with van der Waals surface area (Å²) in [4.78, 5) is 24.5. The van der Waals surface area contributed by atoms with E-state index in [0.717, 1.165) is 5.56 Å². The van der Waals surface area contributed by atoms with Gasteiger partial charge >= 0.3 is 0 Å². The number of ether oxygens (including phenoxy) is 4. The van der Waals surface area contributed by atoms with Crippen molar-refractivity contribution in [3.63, 3.8) is 0 Å². The third-order valence-corrected chi connectivity index (χ3v) is 5.30. The van der Waals surface area contributed by atoms with Crippen LogP contribution in [0, 0.1) is 5.92 Å². The summed E-state index contributed by atoms with van der Waals surface area (Å²) in [6.07, 6.45) is 1.66. The van der Waals surface area contributed by atoms with Gasteiger partial charge in [0.1, 0.15) is 0 Å². The van der Waals surface area contributed by atoms with Crippen LogP contribution in [-0.4, -0.2) is 59.6 Å². The molecule has 2 aromatic carbocycles. The van der Waals surface area contributed by atoms with Crippen molar-refractivity contribution < 1.29 is 28.5 Å². The smallest absolute Gasteiger partial charge is 0.259 e. The van der Waals surface area contributed by atoms with E-state index in [2.05, 4.69) is 26.7 Å². The van der Waals surface area contributed by atoms with Crippen molar-refractivity contribution in [1.29, 1.82) is 0 Å². The van der Waals surface area contributed by atoms with E-state index in [0.29, 0.717) is 35.1 Å². The fourth-order valence-corrected chi connectivity index (χ4v) is 3.51. The standard InChI is InChI=1S/C23H29N5O6/c1-31-17-7-5-14(9-19(17)33-3)22-16(12-26-28-22)11-25-27-21(29)13-24-23(30)15-6-8-18(32-2)20(10-15)34-4/h5-11,16,22,26,28H,12-13H2,1-4H3,(H,24,30)(H,27,29)/b25-11+. The van der Waals surface area contributed by atoms with Gasteiger partial charge in [0, 0.05) is 24.2 Å². The van der Waals surface area contributed by atoms with Gasteiger partial charge in [0.25, 0.3) is 11.8 Å². The first-order chi connectivity index (χ1) is 16.5. The van der Waals surface area contributed by atoms with Crippen LogP contribution < -0.4 is 40.5 Å². The van der Waals surface area contributed by atoms with Crippen molar-refractivity contribution in [1.82, 2.24) is 21.6 Å². The zero-order chi connectivity index (χ0) is 24.5. The Balaban J connectivity index is 1.53. The van der Waals surface area contributed by atoms with Gasteiger partial charge in [-0.15, -0.1) is 0 Å². The molecule has 0 saturated carbocycles. The number of methoxy groups -OCH3 is 4. The van der Waals surface area contributed by atoms with Gasteiger partial charge in [-0.2, -0.15) is 5.10 Å². The highest BCUT2D eigenvalue weighted by Gasteiger charge is 2.27. The van der Waals surface area contributed by atoms with Gasteiger partial charge in [-0.1, -0.05) is 6.07 Å². The maximum atomic E-state index is 12.3. The highest BCUT2D eigenvalue weighted by molar-refractivity contribution is 5.97. The van der Waals surface area contributed by atoms with Crippen LogP contribution in [0.4, 0.5) is 0 Å². The summed E-state index contributed by atoms with van der Waals surface area (Å²) in [6, 6.07) is 10.3. The zero-order valence-electron chi connectivity index (χ0n) is 19.5. The maximum Gasteiger partial charge on any atom is 0.259 e. The number of nitrogens with zero attached hydrogens (tertiary/aromatic N) is 1. The van der Waals surface area contributed by atoms with Gasteiger partial charge < -0.3 is 24.3 Å². The van der Waals surface area contributed by atoms with E-state index in [4.69, 9.17) is 18.9 Å². The number of nitrogens with one attached hydrogen (secondary N) is 4. The van der Waals surface area contributed by atoms with Crippen molar-refractivity contribution >= 4 is 18.0 Å². The van der Waals surface area contributed by atoms with E-state index in [1.165, 1.54) is 14.2 Å². The van der Waals surface area contributed by atoms with E-state index in [-0.39, 0.29) is 18.5 Å².